The summed E-state index contributed by atoms with van der Waals surface area (Å²) in [5.41, 5.74) is 5.30. The third kappa shape index (κ3) is 3.60. The Kier molecular flexibility index (Phi) is 5.59. The largest absolute Gasteiger partial charge is 0.477 e. The number of aliphatic hydroxyl groups is 1. The van der Waals surface area contributed by atoms with Crippen molar-refractivity contribution < 1.29 is 34.2 Å². The van der Waals surface area contributed by atoms with Crippen molar-refractivity contribution in [3.63, 3.8) is 0 Å². The van der Waals surface area contributed by atoms with Crippen LogP contribution in [0.2, 0.25) is 0 Å². The highest BCUT2D eigenvalue weighted by Gasteiger charge is 2.54. The van der Waals surface area contributed by atoms with Gasteiger partial charge in [-0.05, 0) is 5.57 Å². The molecule has 160 valence electrons. The van der Waals surface area contributed by atoms with Crippen LogP contribution >= 0.6 is 23.3 Å². The van der Waals surface area contributed by atoms with Crippen molar-refractivity contribution in [2.24, 2.45) is 5.16 Å². The van der Waals surface area contributed by atoms with E-state index in [1.54, 1.807) is 0 Å². The highest BCUT2D eigenvalue weighted by molar-refractivity contribution is 8.00. The normalized spacial score (nSPS) is 24.1. The third-order valence-corrected chi connectivity index (χ3v) is 6.38. The van der Waals surface area contributed by atoms with Crippen LogP contribution in [0.5, 0.6) is 0 Å². The van der Waals surface area contributed by atoms with E-state index in [1.807, 2.05) is 0 Å². The summed E-state index contributed by atoms with van der Waals surface area (Å²) < 4.78 is 8.94. The van der Waals surface area contributed by atoms with Crippen LogP contribution in [0.4, 0.5) is 5.13 Å². The maximum absolute atomic E-state index is 12.8. The number of anilines is 1. The molecule has 2 atom stereocenters. The van der Waals surface area contributed by atoms with Crippen molar-refractivity contribution in [2.45, 2.75) is 17.5 Å². The lowest BCUT2D eigenvalue weighted by molar-refractivity contribution is -0.150. The molecule has 0 saturated carbocycles. The molecule has 0 aliphatic carbocycles. The Balaban J connectivity index is 1.51. The number of carboxylic acid groups (broad SMARTS) is 1. The fourth-order valence-electron chi connectivity index (χ4n) is 2.93. The van der Waals surface area contributed by atoms with E-state index >= 15 is 0 Å². The minimum atomic E-state index is -1.32. The summed E-state index contributed by atoms with van der Waals surface area (Å²) in [4.78, 5) is 47.2. The van der Waals surface area contributed by atoms with E-state index in [4.69, 9.17) is 15.3 Å². The number of aliphatic hydroxyl groups excluding tert-OH is 1. The first-order chi connectivity index (χ1) is 14.4. The zero-order valence-electron chi connectivity index (χ0n) is 15.2. The number of fused-ring (bicyclic) bond motifs is 1. The molecular formula is C15H16N6O7S2. The van der Waals surface area contributed by atoms with Crippen molar-refractivity contribution in [3.8, 4) is 0 Å². The molecule has 2 amide bonds. The van der Waals surface area contributed by atoms with Gasteiger partial charge in [0.15, 0.2) is 11.2 Å². The second kappa shape index (κ2) is 8.17. The summed E-state index contributed by atoms with van der Waals surface area (Å²) in [6.07, 6.45) is -0.307. The molecule has 0 spiro atoms. The minimum Gasteiger partial charge on any atom is -0.477 e. The minimum absolute atomic E-state index is 0.0520. The van der Waals surface area contributed by atoms with Gasteiger partial charge in [0, 0.05) is 17.3 Å². The molecule has 1 aromatic rings. The van der Waals surface area contributed by atoms with Crippen LogP contribution in [0, 0.1) is 0 Å². The van der Waals surface area contributed by atoms with Gasteiger partial charge >= 0.3 is 5.97 Å². The number of carboxylic acids is 1. The molecule has 0 radical (unpaired) electrons. The van der Waals surface area contributed by atoms with E-state index in [0.717, 1.165) is 16.4 Å². The summed E-state index contributed by atoms with van der Waals surface area (Å²) in [5.74, 6) is -2.52. The summed E-state index contributed by atoms with van der Waals surface area (Å²) in [6, 6.07) is -0.981. The van der Waals surface area contributed by atoms with E-state index in [9.17, 15) is 24.6 Å². The summed E-state index contributed by atoms with van der Waals surface area (Å²) in [7, 11) is 0. The lowest BCUT2D eigenvalue weighted by atomic mass is 10.0. The lowest BCUT2D eigenvalue weighted by Gasteiger charge is -2.49. The van der Waals surface area contributed by atoms with Crippen molar-refractivity contribution in [3.05, 3.63) is 17.1 Å². The van der Waals surface area contributed by atoms with Gasteiger partial charge in [0.1, 0.15) is 17.1 Å². The Morgan fingerprint density at radius 2 is 2.20 bits per heavy atom. The molecular weight excluding hydrogens is 440 g/mol. The number of nitrogens with two attached hydrogens (primary N) is 1. The first-order valence-electron chi connectivity index (χ1n) is 8.63. The van der Waals surface area contributed by atoms with Gasteiger partial charge in [-0.25, -0.2) is 4.79 Å². The average molecular weight is 456 g/mol. The molecule has 3 aliphatic rings. The molecule has 30 heavy (non-hydrogen) atoms. The lowest BCUT2D eigenvalue weighted by Crippen LogP contribution is -2.71. The highest BCUT2D eigenvalue weighted by Crippen LogP contribution is 2.40. The number of aliphatic carboxylic acids is 1. The molecule has 0 aromatic carbocycles. The second-order valence-corrected chi connectivity index (χ2v) is 8.33. The van der Waals surface area contributed by atoms with Crippen molar-refractivity contribution in [1.29, 1.82) is 0 Å². The average Bonchev–Trinajstić information content (AvgIpc) is 3.12. The van der Waals surface area contributed by atoms with E-state index in [2.05, 4.69) is 19.8 Å². The molecule has 4 heterocycles. The molecule has 0 unspecified atom stereocenters. The third-order valence-electron chi connectivity index (χ3n) is 4.50. The monoisotopic (exact) mass is 456 g/mol. The van der Waals surface area contributed by atoms with E-state index < -0.39 is 35.8 Å². The van der Waals surface area contributed by atoms with Crippen LogP contribution in [0.1, 0.15) is 5.82 Å². The van der Waals surface area contributed by atoms with E-state index in [0.29, 0.717) is 13.2 Å². The number of nitrogen functional groups attached to an aromatic ring is 1. The molecule has 13 nitrogen and oxygen atoms in total. The van der Waals surface area contributed by atoms with Crippen LogP contribution < -0.4 is 11.1 Å². The van der Waals surface area contributed by atoms with E-state index in [-0.39, 0.29) is 39.8 Å². The maximum atomic E-state index is 12.8. The van der Waals surface area contributed by atoms with E-state index in [1.165, 1.54) is 11.8 Å². The van der Waals surface area contributed by atoms with Crippen molar-refractivity contribution >= 4 is 51.9 Å². The molecule has 5 N–H and O–H groups in total. The first-order valence-corrected chi connectivity index (χ1v) is 10.5. The number of oxime groups is 1. The van der Waals surface area contributed by atoms with Crippen LogP contribution in [-0.2, 0) is 24.0 Å². The second-order valence-electron chi connectivity index (χ2n) is 6.44. The van der Waals surface area contributed by atoms with Crippen molar-refractivity contribution in [2.75, 3.05) is 31.3 Å². The van der Waals surface area contributed by atoms with Gasteiger partial charge in [-0.3, -0.25) is 14.5 Å². The van der Waals surface area contributed by atoms with Crippen LogP contribution in [0.3, 0.4) is 0 Å². The Bertz CT molecular complexity index is 959. The summed E-state index contributed by atoms with van der Waals surface area (Å²) in [6.45, 7) is 0.187. The molecule has 1 aromatic heterocycles. The van der Waals surface area contributed by atoms with Gasteiger partial charge in [-0.1, -0.05) is 5.16 Å². The zero-order chi connectivity index (χ0) is 21.4. The number of thioether (sulfide) groups is 1. The number of ether oxygens (including phenoxy) is 1. The molecule has 15 heteroatoms. The summed E-state index contributed by atoms with van der Waals surface area (Å²) in [5, 5.41) is 24.6. The predicted molar refractivity (Wildman–Crippen MR) is 103 cm³/mol. The topological polar surface area (TPSA) is 190 Å². The number of β-lactam (4-membered cyclic amide) rings is 1. The fourth-order valence-corrected chi connectivity index (χ4v) is 4.70. The fraction of sp³-hybridized carbons (Fsp3) is 0.467. The molecule has 4 rings (SSSR count). The van der Waals surface area contributed by atoms with Crippen LogP contribution in [-0.4, -0.2) is 91.1 Å². The number of carbonyl (C=O) groups excluding carboxylic acids is 2. The Labute approximate surface area is 177 Å². The number of aromatic nitrogens is 2. The quantitative estimate of drug-likeness (QED) is 0.201. The van der Waals surface area contributed by atoms with Crippen molar-refractivity contribution in [1.82, 2.24) is 19.6 Å². The van der Waals surface area contributed by atoms with Gasteiger partial charge in [-0.15, -0.1) is 11.8 Å². The smallest absolute Gasteiger partial charge is 0.352 e. The number of carbonyl (C=O) groups is 3. The Morgan fingerprint density at radius 3 is 2.77 bits per heavy atom. The van der Waals surface area contributed by atoms with Crippen LogP contribution in [0.25, 0.3) is 0 Å². The number of nitrogens with one attached hydrogen (secondary N) is 1. The molecule has 3 aliphatic heterocycles. The number of hydrogen-bond acceptors (Lipinski definition) is 12. The molecule has 2 saturated heterocycles. The van der Waals surface area contributed by atoms with Gasteiger partial charge in [0.05, 0.1) is 19.8 Å². The Morgan fingerprint density at radius 1 is 1.43 bits per heavy atom. The van der Waals surface area contributed by atoms with Gasteiger partial charge in [0.25, 0.3) is 11.8 Å². The standard InChI is InChI=1S/C15H16N6O7S2/c16-15-18-10(20-30-15)7(19-28-6-2-27-3-6)11(23)17-8-12(24)21-9(14(25)26)5(1-22)4-29-13(8)21/h6,8,13,22H,1-4H2,(H,17,23)(H,25,26)(H2,16,18,20)/b19-7-/t8-,13-/m1/s1. The number of hydrogen-bond donors (Lipinski definition) is 4. The number of amides is 2. The van der Waals surface area contributed by atoms with Gasteiger partial charge in [-0.2, -0.15) is 9.36 Å². The zero-order valence-corrected chi connectivity index (χ0v) is 16.8. The SMILES string of the molecule is Nc1nc(/C(=N/OC2COC2)C(=O)N[C@@H]2C(=O)N3C(C(=O)O)=C(CO)CS[C@H]23)ns1. The van der Waals surface area contributed by atoms with Crippen LogP contribution in [0.15, 0.2) is 16.4 Å². The number of rotatable bonds is 7. The van der Waals surface area contributed by atoms with Gasteiger partial charge < -0.3 is 30.8 Å². The molecule has 0 bridgehead atoms. The highest BCUT2D eigenvalue weighted by atomic mass is 32.2. The Hall–Kier alpha value is -2.75. The maximum Gasteiger partial charge on any atom is 0.352 e. The molecule has 2 fully saturated rings. The first kappa shape index (κ1) is 20.5. The predicted octanol–water partition coefficient (Wildman–Crippen LogP) is -2.03. The van der Waals surface area contributed by atoms with Gasteiger partial charge in [0.2, 0.25) is 11.5 Å². The summed E-state index contributed by atoms with van der Waals surface area (Å²) >= 11 is 2.10. The number of nitrogens with zero attached hydrogens (tertiary/aromatic N) is 4.